The minimum absolute atomic E-state index is 0.0577. The average molecular weight is 930 g/mol. The molecule has 64 heavy (non-hydrogen) atoms. The summed E-state index contributed by atoms with van der Waals surface area (Å²) in [5.41, 5.74) is 5.34. The van der Waals surface area contributed by atoms with Crippen LogP contribution in [0.4, 0.5) is 0 Å². The van der Waals surface area contributed by atoms with Gasteiger partial charge in [0, 0.05) is 19.4 Å². The summed E-state index contributed by atoms with van der Waals surface area (Å²) in [5, 5.41) is 0. The molecule has 0 saturated heterocycles. The fourth-order valence-electron chi connectivity index (χ4n) is 8.58. The summed E-state index contributed by atoms with van der Waals surface area (Å²) < 4.78 is 32.7. The second kappa shape index (κ2) is 51.4. The fourth-order valence-corrected chi connectivity index (χ4v) is 9.35. The van der Waals surface area contributed by atoms with Crippen molar-refractivity contribution in [2.75, 3.05) is 26.4 Å². The van der Waals surface area contributed by atoms with Gasteiger partial charge in [-0.25, -0.2) is 4.57 Å². The first-order valence-electron chi connectivity index (χ1n) is 28.0. The Morgan fingerprint density at radius 1 is 0.406 bits per heavy atom. The lowest BCUT2D eigenvalue weighted by Crippen LogP contribution is -2.29. The highest BCUT2D eigenvalue weighted by Gasteiger charge is 2.26. The molecule has 0 aliphatic heterocycles. The van der Waals surface area contributed by atoms with E-state index in [2.05, 4.69) is 13.8 Å². The van der Waals surface area contributed by atoms with Crippen molar-refractivity contribution >= 4 is 19.8 Å². The van der Waals surface area contributed by atoms with Gasteiger partial charge < -0.3 is 20.1 Å². The first-order valence-corrected chi connectivity index (χ1v) is 29.5. The lowest BCUT2D eigenvalue weighted by molar-refractivity contribution is -0.161. The van der Waals surface area contributed by atoms with Crippen molar-refractivity contribution in [1.29, 1.82) is 0 Å². The van der Waals surface area contributed by atoms with Gasteiger partial charge in [-0.3, -0.25) is 18.6 Å². The number of esters is 2. The number of unbranched alkanes of at least 4 members (excludes halogenated alkanes) is 41. The zero-order valence-corrected chi connectivity index (χ0v) is 43.4. The molecule has 9 nitrogen and oxygen atoms in total. The molecule has 0 rings (SSSR count). The first kappa shape index (κ1) is 63.0. The first-order chi connectivity index (χ1) is 31.3. The van der Waals surface area contributed by atoms with E-state index in [1.54, 1.807) is 0 Å². The molecule has 0 aliphatic carbocycles. The summed E-state index contributed by atoms with van der Waals surface area (Å²) in [5.74, 6) is -0.822. The zero-order chi connectivity index (χ0) is 46.7. The van der Waals surface area contributed by atoms with E-state index in [0.29, 0.717) is 6.42 Å². The van der Waals surface area contributed by atoms with Crippen molar-refractivity contribution in [3.63, 3.8) is 0 Å². The third-order valence-corrected chi connectivity index (χ3v) is 13.7. The van der Waals surface area contributed by atoms with Gasteiger partial charge in [0.05, 0.1) is 13.2 Å². The molecule has 0 amide bonds. The highest BCUT2D eigenvalue weighted by atomic mass is 31.2. The quantitative estimate of drug-likeness (QED) is 0.0347. The summed E-state index contributed by atoms with van der Waals surface area (Å²) in [6, 6.07) is 0. The third kappa shape index (κ3) is 50.4. The van der Waals surface area contributed by atoms with Gasteiger partial charge in [0.25, 0.3) is 0 Å². The molecule has 2 unspecified atom stereocenters. The fraction of sp³-hybridized carbons (Fsp3) is 0.963. The summed E-state index contributed by atoms with van der Waals surface area (Å²) in [7, 11) is -4.36. The van der Waals surface area contributed by atoms with Crippen LogP contribution in [0.2, 0.25) is 0 Å². The van der Waals surface area contributed by atoms with Crippen molar-refractivity contribution in [2.24, 2.45) is 5.73 Å². The zero-order valence-electron chi connectivity index (χ0n) is 42.6. The lowest BCUT2D eigenvalue weighted by atomic mass is 10.0. The molecule has 0 aromatic carbocycles. The maximum atomic E-state index is 12.6. The van der Waals surface area contributed by atoms with Gasteiger partial charge in [0.15, 0.2) is 6.10 Å². The van der Waals surface area contributed by atoms with Gasteiger partial charge in [-0.15, -0.1) is 0 Å². The van der Waals surface area contributed by atoms with E-state index < -0.39 is 26.5 Å². The molecule has 3 N–H and O–H groups in total. The van der Waals surface area contributed by atoms with E-state index in [0.717, 1.165) is 38.5 Å². The number of hydrogen-bond donors (Lipinski definition) is 2. The number of carbonyl (C=O) groups excluding carboxylic acids is 2. The Morgan fingerprint density at radius 3 is 0.953 bits per heavy atom. The topological polar surface area (TPSA) is 134 Å². The van der Waals surface area contributed by atoms with E-state index in [1.165, 1.54) is 231 Å². The van der Waals surface area contributed by atoms with Gasteiger partial charge in [-0.05, 0) is 12.8 Å². The molecule has 0 fully saturated rings. The van der Waals surface area contributed by atoms with E-state index in [-0.39, 0.29) is 38.6 Å². The standard InChI is InChI=1S/C54H108NO8P/c1-3-5-7-9-11-12-13-14-15-16-17-18-19-20-21-22-23-24-25-26-27-28-29-30-31-32-33-34-35-36-37-38-39-40-41-43-45-47-54(57)63-52(51-62-64(58,59)61-49-48-55)50-60-53(56)46-44-42-10-8-6-4-2/h52H,3-51,55H2,1-2H3,(H,58,59). The van der Waals surface area contributed by atoms with Gasteiger partial charge >= 0.3 is 19.8 Å². The minimum atomic E-state index is -4.36. The predicted molar refractivity (Wildman–Crippen MR) is 271 cm³/mol. The summed E-state index contributed by atoms with van der Waals surface area (Å²) in [6.45, 7) is 3.71. The largest absolute Gasteiger partial charge is 0.472 e. The minimum Gasteiger partial charge on any atom is -0.462 e. The van der Waals surface area contributed by atoms with Crippen LogP contribution in [-0.4, -0.2) is 49.3 Å². The number of ether oxygens (including phenoxy) is 2. The van der Waals surface area contributed by atoms with E-state index in [1.807, 2.05) is 0 Å². The number of hydrogen-bond acceptors (Lipinski definition) is 8. The predicted octanol–water partition coefficient (Wildman–Crippen LogP) is 17.1. The van der Waals surface area contributed by atoms with Crippen LogP contribution < -0.4 is 5.73 Å². The van der Waals surface area contributed by atoms with Crippen LogP contribution in [0.15, 0.2) is 0 Å². The van der Waals surface area contributed by atoms with Crippen LogP contribution >= 0.6 is 7.82 Å². The van der Waals surface area contributed by atoms with Gasteiger partial charge in [-0.2, -0.15) is 0 Å². The van der Waals surface area contributed by atoms with Gasteiger partial charge in [0.1, 0.15) is 6.61 Å². The van der Waals surface area contributed by atoms with Crippen LogP contribution in [0.5, 0.6) is 0 Å². The number of rotatable bonds is 54. The Hall–Kier alpha value is -0.990. The Labute approximate surface area is 397 Å². The molecule has 0 aromatic rings. The van der Waals surface area contributed by atoms with Crippen LogP contribution in [-0.2, 0) is 32.7 Å². The second-order valence-corrected chi connectivity index (χ2v) is 20.6. The van der Waals surface area contributed by atoms with E-state index in [4.69, 9.17) is 24.3 Å². The highest BCUT2D eigenvalue weighted by Crippen LogP contribution is 2.43. The van der Waals surface area contributed by atoms with Gasteiger partial charge in [-0.1, -0.05) is 277 Å². The van der Waals surface area contributed by atoms with Crippen LogP contribution in [0.1, 0.15) is 303 Å². The maximum absolute atomic E-state index is 12.6. The Balaban J connectivity index is 3.60. The highest BCUT2D eigenvalue weighted by molar-refractivity contribution is 7.47. The van der Waals surface area contributed by atoms with Crippen LogP contribution in [0.3, 0.4) is 0 Å². The molecular weight excluding hydrogens is 822 g/mol. The smallest absolute Gasteiger partial charge is 0.462 e. The summed E-state index contributed by atoms with van der Waals surface area (Å²) >= 11 is 0. The third-order valence-electron chi connectivity index (χ3n) is 12.7. The molecule has 0 aliphatic rings. The normalized spacial score (nSPS) is 13.0. The molecular formula is C54H108NO8P. The van der Waals surface area contributed by atoms with Crippen molar-refractivity contribution < 1.29 is 37.6 Å². The molecule has 382 valence electrons. The number of phosphoric ester groups is 1. The van der Waals surface area contributed by atoms with Crippen molar-refractivity contribution in [2.45, 2.75) is 309 Å². The molecule has 0 aromatic heterocycles. The number of carbonyl (C=O) groups is 2. The van der Waals surface area contributed by atoms with Crippen LogP contribution in [0, 0.1) is 0 Å². The molecule has 2 atom stereocenters. The monoisotopic (exact) mass is 930 g/mol. The molecule has 0 bridgehead atoms. The second-order valence-electron chi connectivity index (χ2n) is 19.2. The summed E-state index contributed by atoms with van der Waals surface area (Å²) in [4.78, 5) is 34.7. The van der Waals surface area contributed by atoms with Crippen LogP contribution in [0.25, 0.3) is 0 Å². The van der Waals surface area contributed by atoms with Crippen molar-refractivity contribution in [3.05, 3.63) is 0 Å². The number of phosphoric acid groups is 1. The SMILES string of the molecule is CCCCCCCCCCCCCCCCCCCCCCCCCCCCCCCCCCCCCCCC(=O)OC(COC(=O)CCCCCCCC)COP(=O)(O)OCCN. The van der Waals surface area contributed by atoms with E-state index >= 15 is 0 Å². The molecule has 10 heteroatoms. The Bertz CT molecular complexity index is 1020. The summed E-state index contributed by atoms with van der Waals surface area (Å²) in [6.07, 6.45) is 56.7. The van der Waals surface area contributed by atoms with Crippen molar-refractivity contribution in [3.8, 4) is 0 Å². The molecule has 0 spiro atoms. The number of nitrogens with two attached hydrogens (primary N) is 1. The van der Waals surface area contributed by atoms with Gasteiger partial charge in [0.2, 0.25) is 0 Å². The maximum Gasteiger partial charge on any atom is 0.472 e. The van der Waals surface area contributed by atoms with E-state index in [9.17, 15) is 19.0 Å². The molecule has 0 radical (unpaired) electrons. The van der Waals surface area contributed by atoms with Crippen molar-refractivity contribution in [1.82, 2.24) is 0 Å². The Morgan fingerprint density at radius 2 is 0.672 bits per heavy atom. The average Bonchev–Trinajstić information content (AvgIpc) is 3.28. The Kier molecular flexibility index (Phi) is 50.6. The molecule has 0 saturated carbocycles. The lowest BCUT2D eigenvalue weighted by Gasteiger charge is -2.19. The molecule has 0 heterocycles.